The molecule has 9 nitrogen and oxygen atoms in total. The monoisotopic (exact) mass is 468 g/mol. The van der Waals surface area contributed by atoms with Crippen LogP contribution in [-0.4, -0.2) is 73.0 Å². The number of carbonyl (C=O) groups is 3. The first-order chi connectivity index (χ1) is 17.1. The number of nitrogens with one attached hydrogen (secondary N) is 1. The average molecular weight is 469 g/mol. The molecule has 0 radical (unpaired) electrons. The van der Waals surface area contributed by atoms with Gasteiger partial charge in [-0.3, -0.25) is 19.4 Å². The predicted octanol–water partition coefficient (Wildman–Crippen LogP) is 2.97. The maximum absolute atomic E-state index is 13.3. The number of Topliss-reactive ketones (excluding diaryl/α,β-unsaturated/α-hetero) is 1. The summed E-state index contributed by atoms with van der Waals surface area (Å²) < 4.78 is 0. The molecule has 0 bridgehead atoms. The molecule has 4 heterocycles. The number of rotatable bonds is 5. The largest absolute Gasteiger partial charge is 0.359 e. The van der Waals surface area contributed by atoms with Crippen molar-refractivity contribution >= 4 is 28.5 Å². The molecule has 1 aliphatic rings. The van der Waals surface area contributed by atoms with Crippen LogP contribution in [0.15, 0.2) is 67.5 Å². The van der Waals surface area contributed by atoms with Crippen molar-refractivity contribution in [1.29, 1.82) is 0 Å². The van der Waals surface area contributed by atoms with Gasteiger partial charge in [0.25, 0.3) is 17.6 Å². The van der Waals surface area contributed by atoms with Crippen LogP contribution in [-0.2, 0) is 4.79 Å². The molecule has 1 aliphatic heterocycles. The minimum Gasteiger partial charge on any atom is -0.359 e. The van der Waals surface area contributed by atoms with Crippen LogP contribution < -0.4 is 0 Å². The Kier molecular flexibility index (Phi) is 6.05. The molecule has 1 saturated heterocycles. The highest BCUT2D eigenvalue weighted by atomic mass is 16.2. The van der Waals surface area contributed by atoms with Crippen LogP contribution in [0.1, 0.15) is 34.1 Å². The van der Waals surface area contributed by atoms with Crippen molar-refractivity contribution < 1.29 is 14.4 Å². The highest BCUT2D eigenvalue weighted by Crippen LogP contribution is 2.28. The Labute approximate surface area is 201 Å². The second-order valence-electron chi connectivity index (χ2n) is 8.42. The number of H-pyrrole nitrogens is 1. The van der Waals surface area contributed by atoms with Crippen molar-refractivity contribution in [2.45, 2.75) is 19.4 Å². The number of fused-ring (bicyclic) bond motifs is 1. The molecule has 2 amide bonds. The van der Waals surface area contributed by atoms with E-state index in [9.17, 15) is 14.4 Å². The summed E-state index contributed by atoms with van der Waals surface area (Å²) in [7, 11) is 0. The van der Waals surface area contributed by atoms with E-state index < -0.39 is 11.7 Å². The van der Waals surface area contributed by atoms with Crippen LogP contribution in [0.5, 0.6) is 0 Å². The topological polar surface area (TPSA) is 112 Å². The fourth-order valence-corrected chi connectivity index (χ4v) is 4.55. The summed E-state index contributed by atoms with van der Waals surface area (Å²) in [5, 5.41) is 0.614. The van der Waals surface area contributed by atoms with Crippen LogP contribution in [0.4, 0.5) is 0 Å². The summed E-state index contributed by atoms with van der Waals surface area (Å²) in [6, 6.07) is 10.6. The SMILES string of the molecule is CC[C@@H]1CN(C(=O)c2ccccc2)CCN1C(=O)C(=O)c1c[nH]c2c(-c3cncnc3)nccc12. The molecule has 1 aromatic carbocycles. The third-order valence-corrected chi connectivity index (χ3v) is 6.40. The molecule has 1 atom stereocenters. The number of aromatic amines is 1. The fraction of sp³-hybridized carbons (Fsp3) is 0.231. The van der Waals surface area contributed by atoms with Crippen LogP contribution in [0.25, 0.3) is 22.2 Å². The van der Waals surface area contributed by atoms with Gasteiger partial charge < -0.3 is 14.8 Å². The minimum absolute atomic E-state index is 0.0657. The smallest absolute Gasteiger partial charge is 0.295 e. The molecule has 0 saturated carbocycles. The van der Waals surface area contributed by atoms with Crippen molar-refractivity contribution in [1.82, 2.24) is 29.7 Å². The van der Waals surface area contributed by atoms with Gasteiger partial charge in [0.2, 0.25) is 0 Å². The van der Waals surface area contributed by atoms with Gasteiger partial charge in [-0.1, -0.05) is 25.1 Å². The number of hydrogen-bond acceptors (Lipinski definition) is 6. The van der Waals surface area contributed by atoms with E-state index in [4.69, 9.17) is 0 Å². The maximum Gasteiger partial charge on any atom is 0.295 e. The number of ketones is 1. The second kappa shape index (κ2) is 9.46. The highest BCUT2D eigenvalue weighted by Gasteiger charge is 2.35. The third kappa shape index (κ3) is 4.16. The number of piperazine rings is 1. The Hall–Kier alpha value is -4.40. The summed E-state index contributed by atoms with van der Waals surface area (Å²) in [6.45, 7) is 3.02. The molecule has 9 heteroatoms. The van der Waals surface area contributed by atoms with E-state index in [1.54, 1.807) is 52.8 Å². The molecular formula is C26H24N6O3. The Balaban J connectivity index is 1.37. The first-order valence-electron chi connectivity index (χ1n) is 11.5. The molecule has 176 valence electrons. The molecule has 0 aliphatic carbocycles. The lowest BCUT2D eigenvalue weighted by atomic mass is 10.0. The van der Waals surface area contributed by atoms with Crippen molar-refractivity contribution in [2.75, 3.05) is 19.6 Å². The molecule has 1 fully saturated rings. The first-order valence-corrected chi connectivity index (χ1v) is 11.5. The summed E-state index contributed by atoms with van der Waals surface area (Å²) in [5.41, 5.74) is 2.86. The number of pyridine rings is 1. The lowest BCUT2D eigenvalue weighted by Crippen LogP contribution is -2.57. The lowest BCUT2D eigenvalue weighted by molar-refractivity contribution is -0.130. The normalized spacial score (nSPS) is 15.9. The van der Waals surface area contributed by atoms with Crippen LogP contribution >= 0.6 is 0 Å². The lowest BCUT2D eigenvalue weighted by Gasteiger charge is -2.40. The van der Waals surface area contributed by atoms with Gasteiger partial charge in [-0.25, -0.2) is 9.97 Å². The predicted molar refractivity (Wildman–Crippen MR) is 130 cm³/mol. The van der Waals surface area contributed by atoms with Crippen molar-refractivity contribution in [2.24, 2.45) is 0 Å². The maximum atomic E-state index is 13.3. The van der Waals surface area contributed by atoms with Gasteiger partial charge in [0.1, 0.15) is 6.33 Å². The Bertz CT molecular complexity index is 1390. The van der Waals surface area contributed by atoms with Crippen LogP contribution in [0.3, 0.4) is 0 Å². The second-order valence-corrected chi connectivity index (χ2v) is 8.42. The van der Waals surface area contributed by atoms with Gasteiger partial charge in [-0.15, -0.1) is 0 Å². The fourth-order valence-electron chi connectivity index (χ4n) is 4.55. The zero-order chi connectivity index (χ0) is 24.4. The number of hydrogen-bond donors (Lipinski definition) is 1. The van der Waals surface area contributed by atoms with Gasteiger partial charge in [0, 0.05) is 67.0 Å². The van der Waals surface area contributed by atoms with E-state index in [0.717, 1.165) is 0 Å². The third-order valence-electron chi connectivity index (χ3n) is 6.40. The molecule has 5 rings (SSSR count). The zero-order valence-corrected chi connectivity index (χ0v) is 19.2. The number of benzene rings is 1. The van der Waals surface area contributed by atoms with Gasteiger partial charge in [-0.05, 0) is 24.6 Å². The molecule has 35 heavy (non-hydrogen) atoms. The van der Waals surface area contributed by atoms with E-state index in [-0.39, 0.29) is 11.9 Å². The number of nitrogens with zero attached hydrogens (tertiary/aromatic N) is 5. The Morgan fingerprint density at radius 3 is 2.57 bits per heavy atom. The van der Waals surface area contributed by atoms with Gasteiger partial charge in [-0.2, -0.15) is 0 Å². The molecule has 4 aromatic rings. The van der Waals surface area contributed by atoms with E-state index >= 15 is 0 Å². The summed E-state index contributed by atoms with van der Waals surface area (Å²) in [5.74, 6) is -1.21. The standard InChI is InChI=1S/C26H24N6O3/c1-2-19-15-31(25(34)17-6-4-3-5-7-17)10-11-32(19)26(35)24(33)21-14-30-23-20(21)8-9-29-22(23)18-12-27-16-28-13-18/h3-9,12-14,16,19,30H,2,10-11,15H2,1H3/t19-/m1/s1. The number of aromatic nitrogens is 4. The van der Waals surface area contributed by atoms with Crippen molar-refractivity contribution in [3.63, 3.8) is 0 Å². The molecular weight excluding hydrogens is 444 g/mol. The Morgan fingerprint density at radius 2 is 1.83 bits per heavy atom. The molecule has 0 spiro atoms. The van der Waals surface area contributed by atoms with Gasteiger partial charge in [0.05, 0.1) is 16.8 Å². The number of amides is 2. The first kappa shape index (κ1) is 22.4. The van der Waals surface area contributed by atoms with Crippen molar-refractivity contribution in [3.8, 4) is 11.3 Å². The average Bonchev–Trinajstić information content (AvgIpc) is 3.37. The highest BCUT2D eigenvalue weighted by molar-refractivity contribution is 6.45. The molecule has 3 aromatic heterocycles. The molecule has 1 N–H and O–H groups in total. The van der Waals surface area contributed by atoms with E-state index in [2.05, 4.69) is 19.9 Å². The van der Waals surface area contributed by atoms with Gasteiger partial charge >= 0.3 is 0 Å². The van der Waals surface area contributed by atoms with Gasteiger partial charge in [0.15, 0.2) is 0 Å². The van der Waals surface area contributed by atoms with Crippen LogP contribution in [0, 0.1) is 0 Å². The van der Waals surface area contributed by atoms with E-state index in [1.807, 2.05) is 25.1 Å². The zero-order valence-electron chi connectivity index (χ0n) is 19.2. The summed E-state index contributed by atoms with van der Waals surface area (Å²) >= 11 is 0. The summed E-state index contributed by atoms with van der Waals surface area (Å²) in [4.78, 5) is 58.5. The van der Waals surface area contributed by atoms with E-state index in [0.29, 0.717) is 59.3 Å². The van der Waals surface area contributed by atoms with E-state index in [1.165, 1.54) is 6.33 Å². The number of carbonyl (C=O) groups excluding carboxylic acids is 3. The quantitative estimate of drug-likeness (QED) is 0.356. The van der Waals surface area contributed by atoms with Crippen LogP contribution in [0.2, 0.25) is 0 Å². The Morgan fingerprint density at radius 1 is 1.06 bits per heavy atom. The minimum atomic E-state index is -0.584. The van der Waals surface area contributed by atoms with Crippen molar-refractivity contribution in [3.05, 3.63) is 78.6 Å². The summed E-state index contributed by atoms with van der Waals surface area (Å²) in [6.07, 6.45) is 8.50. The molecule has 0 unspecified atom stereocenters.